The van der Waals surface area contributed by atoms with E-state index in [-0.39, 0.29) is 5.09 Å². The molecule has 1 heterocycles. The summed E-state index contributed by atoms with van der Waals surface area (Å²) in [6.45, 7) is 1.06. The van der Waals surface area contributed by atoms with Gasteiger partial charge < -0.3 is 9.73 Å². The van der Waals surface area contributed by atoms with E-state index >= 15 is 0 Å². The molecule has 0 aliphatic heterocycles. The summed E-state index contributed by atoms with van der Waals surface area (Å²) < 4.78 is 32.1. The number of hydrogen-bond donors (Lipinski definition) is 2. The predicted octanol–water partition coefficient (Wildman–Crippen LogP) is 2.34. The summed E-state index contributed by atoms with van der Waals surface area (Å²) in [6.07, 6.45) is 7.50. The van der Waals surface area contributed by atoms with Crippen molar-refractivity contribution in [1.82, 2.24) is 10.0 Å². The molecule has 0 unspecified atom stereocenters. The molecule has 1 fully saturated rings. The highest BCUT2D eigenvalue weighted by atomic mass is 32.2. The van der Waals surface area contributed by atoms with Gasteiger partial charge in [-0.05, 0) is 49.8 Å². The molecule has 1 aromatic rings. The van der Waals surface area contributed by atoms with E-state index in [1.807, 2.05) is 11.8 Å². The summed E-state index contributed by atoms with van der Waals surface area (Å²) in [4.78, 5) is 0. The quantitative estimate of drug-likeness (QED) is 0.609. The zero-order valence-electron chi connectivity index (χ0n) is 12.4. The van der Waals surface area contributed by atoms with Crippen LogP contribution in [0.25, 0.3) is 0 Å². The van der Waals surface area contributed by atoms with Crippen LogP contribution in [0.2, 0.25) is 0 Å². The molecule has 0 saturated heterocycles. The van der Waals surface area contributed by atoms with E-state index < -0.39 is 10.0 Å². The number of thioether (sulfide) groups is 1. The number of hydrogen-bond acceptors (Lipinski definition) is 5. The molecular weight excluding hydrogens is 308 g/mol. The van der Waals surface area contributed by atoms with Crippen LogP contribution >= 0.6 is 11.8 Å². The van der Waals surface area contributed by atoms with Crippen LogP contribution in [0.5, 0.6) is 0 Å². The Labute approximate surface area is 131 Å². The Hall–Kier alpha value is -0.500. The van der Waals surface area contributed by atoms with Gasteiger partial charge in [0.15, 0.2) is 0 Å². The van der Waals surface area contributed by atoms with E-state index in [1.165, 1.54) is 18.9 Å². The molecule has 120 valence electrons. The fourth-order valence-corrected chi connectivity index (χ4v) is 3.47. The topological polar surface area (TPSA) is 71.3 Å². The third-order valence-electron chi connectivity index (χ3n) is 3.36. The highest BCUT2D eigenvalue weighted by Gasteiger charge is 2.22. The van der Waals surface area contributed by atoms with Crippen LogP contribution in [-0.4, -0.2) is 33.0 Å². The molecule has 0 amide bonds. The zero-order chi connectivity index (χ0) is 15.1. The van der Waals surface area contributed by atoms with Gasteiger partial charge >= 0.3 is 0 Å². The van der Waals surface area contributed by atoms with Crippen LogP contribution in [0.4, 0.5) is 0 Å². The lowest BCUT2D eigenvalue weighted by Crippen LogP contribution is -2.24. The lowest BCUT2D eigenvalue weighted by Gasteiger charge is -2.04. The zero-order valence-corrected chi connectivity index (χ0v) is 14.1. The summed E-state index contributed by atoms with van der Waals surface area (Å²) in [6, 6.07) is 3.83. The van der Waals surface area contributed by atoms with E-state index in [1.54, 1.807) is 6.07 Å². The summed E-state index contributed by atoms with van der Waals surface area (Å²) in [5.41, 5.74) is 0. The first-order valence-corrected chi connectivity index (χ1v) is 10.3. The van der Waals surface area contributed by atoms with Gasteiger partial charge in [-0.15, -0.1) is 0 Å². The molecule has 1 aromatic heterocycles. The van der Waals surface area contributed by atoms with Gasteiger partial charge in [-0.1, -0.05) is 6.42 Å². The predicted molar refractivity (Wildman–Crippen MR) is 86.0 cm³/mol. The molecule has 0 aromatic carbocycles. The maximum atomic E-state index is 12.1. The summed E-state index contributed by atoms with van der Waals surface area (Å²) in [7, 11) is -3.50. The van der Waals surface area contributed by atoms with Gasteiger partial charge in [0.05, 0.1) is 6.54 Å². The van der Waals surface area contributed by atoms with Gasteiger partial charge in [-0.25, -0.2) is 13.1 Å². The van der Waals surface area contributed by atoms with Gasteiger partial charge in [0, 0.05) is 12.6 Å². The van der Waals surface area contributed by atoms with Gasteiger partial charge in [0.2, 0.25) is 5.09 Å². The van der Waals surface area contributed by atoms with Crippen molar-refractivity contribution < 1.29 is 12.8 Å². The average Bonchev–Trinajstić information content (AvgIpc) is 3.16. The first-order valence-electron chi connectivity index (χ1n) is 7.42. The lowest BCUT2D eigenvalue weighted by atomic mass is 10.2. The normalized spacial score (nSPS) is 15.5. The molecule has 1 saturated carbocycles. The van der Waals surface area contributed by atoms with Crippen LogP contribution in [-0.2, 0) is 16.6 Å². The lowest BCUT2D eigenvalue weighted by molar-refractivity contribution is 0.399. The van der Waals surface area contributed by atoms with Crippen molar-refractivity contribution in [3.8, 4) is 0 Å². The number of sulfonamides is 1. The largest absolute Gasteiger partial charge is 0.447 e. The molecular formula is C14H24N2O3S2. The first kappa shape index (κ1) is 16.9. The average molecular weight is 332 g/mol. The van der Waals surface area contributed by atoms with Gasteiger partial charge in [-0.3, -0.25) is 0 Å². The molecule has 0 atom stereocenters. The Morgan fingerprint density at radius 3 is 2.81 bits per heavy atom. The summed E-state index contributed by atoms with van der Waals surface area (Å²) >= 11 is 1.82. The van der Waals surface area contributed by atoms with Crippen molar-refractivity contribution in [2.75, 3.05) is 18.6 Å². The molecule has 7 heteroatoms. The molecule has 2 N–H and O–H groups in total. The highest BCUT2D eigenvalue weighted by molar-refractivity contribution is 7.98. The Kier molecular flexibility index (Phi) is 6.60. The summed E-state index contributed by atoms with van der Waals surface area (Å²) in [5.74, 6) is 1.80. The third kappa shape index (κ3) is 6.02. The van der Waals surface area contributed by atoms with Crippen molar-refractivity contribution >= 4 is 21.8 Å². The minimum atomic E-state index is -3.50. The maximum Gasteiger partial charge on any atom is 0.273 e. The van der Waals surface area contributed by atoms with Crippen LogP contribution in [0, 0.1) is 0 Å². The number of furan rings is 1. The molecule has 0 bridgehead atoms. The van der Waals surface area contributed by atoms with Crippen LogP contribution in [0.15, 0.2) is 21.6 Å². The van der Waals surface area contributed by atoms with Crippen molar-refractivity contribution in [1.29, 1.82) is 0 Å². The highest BCUT2D eigenvalue weighted by Crippen LogP contribution is 2.20. The number of rotatable bonds is 11. The van der Waals surface area contributed by atoms with Crippen LogP contribution in [0.3, 0.4) is 0 Å². The number of nitrogens with one attached hydrogen (secondary N) is 2. The molecule has 2 rings (SSSR count). The minimum Gasteiger partial charge on any atom is -0.447 e. The SMILES string of the molecule is CSCCCCCNS(=O)(=O)c1ccc(CNC2CC2)o1. The molecule has 1 aliphatic carbocycles. The fourth-order valence-electron chi connectivity index (χ4n) is 1.96. The molecule has 21 heavy (non-hydrogen) atoms. The van der Waals surface area contributed by atoms with Crippen LogP contribution < -0.4 is 10.0 Å². The van der Waals surface area contributed by atoms with Crippen molar-refractivity contribution in [2.24, 2.45) is 0 Å². The molecule has 1 aliphatic rings. The van der Waals surface area contributed by atoms with E-state index in [0.717, 1.165) is 25.0 Å². The van der Waals surface area contributed by atoms with Crippen molar-refractivity contribution in [3.63, 3.8) is 0 Å². The Balaban J connectivity index is 1.73. The first-order chi connectivity index (χ1) is 10.1. The Morgan fingerprint density at radius 1 is 1.29 bits per heavy atom. The molecule has 0 radical (unpaired) electrons. The smallest absolute Gasteiger partial charge is 0.273 e. The van der Waals surface area contributed by atoms with Crippen molar-refractivity contribution in [2.45, 2.75) is 49.8 Å². The molecule has 5 nitrogen and oxygen atoms in total. The summed E-state index contributed by atoms with van der Waals surface area (Å²) in [5, 5.41) is 3.31. The van der Waals surface area contributed by atoms with Crippen LogP contribution in [0.1, 0.15) is 37.9 Å². The minimum absolute atomic E-state index is 0.0132. The van der Waals surface area contributed by atoms with E-state index in [9.17, 15) is 8.42 Å². The second-order valence-corrected chi connectivity index (χ2v) is 8.01. The number of unbranched alkanes of at least 4 members (excludes halogenated alkanes) is 2. The van der Waals surface area contributed by atoms with E-state index in [4.69, 9.17) is 4.42 Å². The second-order valence-electron chi connectivity index (χ2n) is 5.33. The second kappa shape index (κ2) is 8.22. The van der Waals surface area contributed by atoms with Crippen molar-refractivity contribution in [3.05, 3.63) is 17.9 Å². The monoisotopic (exact) mass is 332 g/mol. The molecule has 0 spiro atoms. The Morgan fingerprint density at radius 2 is 2.10 bits per heavy atom. The van der Waals surface area contributed by atoms with E-state index in [2.05, 4.69) is 16.3 Å². The third-order valence-corrected chi connectivity index (χ3v) is 5.39. The Bertz CT molecular complexity index is 524. The van der Waals surface area contributed by atoms with Gasteiger partial charge in [0.1, 0.15) is 5.76 Å². The van der Waals surface area contributed by atoms with Gasteiger partial charge in [0.25, 0.3) is 10.0 Å². The fraction of sp³-hybridized carbons (Fsp3) is 0.714. The standard InChI is InChI=1S/C14H24N2O3S2/c1-20-10-4-2-3-9-16-21(17,18)14-8-7-13(19-14)11-15-12-5-6-12/h7-8,12,15-16H,2-6,9-11H2,1H3. The van der Waals surface area contributed by atoms with Gasteiger partial charge in [-0.2, -0.15) is 11.8 Å². The maximum absolute atomic E-state index is 12.1. The van der Waals surface area contributed by atoms with E-state index in [0.29, 0.717) is 24.9 Å².